The van der Waals surface area contributed by atoms with Gasteiger partial charge < -0.3 is 15.2 Å². The minimum Gasteiger partial charge on any atom is -0.431 e. The van der Waals surface area contributed by atoms with E-state index >= 15 is 0 Å². The molecule has 1 aromatic rings. The highest BCUT2D eigenvalue weighted by atomic mass is 16.8. The number of carbonyl (C=O) groups is 1. The molecule has 0 spiro atoms. The summed E-state index contributed by atoms with van der Waals surface area (Å²) in [5.74, 6) is -1.27. The van der Waals surface area contributed by atoms with Crippen LogP contribution in [-0.2, 0) is 19.9 Å². The van der Waals surface area contributed by atoms with Crippen molar-refractivity contribution in [1.82, 2.24) is 0 Å². The summed E-state index contributed by atoms with van der Waals surface area (Å²) in [5.41, 5.74) is 6.11. The first kappa shape index (κ1) is 14.6. The lowest BCUT2D eigenvalue weighted by Gasteiger charge is -2.27. The standard InChI is InChI=1S/C16H21NO3/c1-4-5-6-10-16(12-8-7-9-13(17)11-12)14(18)19-15(2,3)20-16/h4,7-9,11H,1,5-6,10,17H2,2-3H3. The quantitative estimate of drug-likeness (QED) is 0.388. The van der Waals surface area contributed by atoms with Crippen molar-refractivity contribution in [3.63, 3.8) is 0 Å². The predicted octanol–water partition coefficient (Wildman–Crippen LogP) is 3.13. The first-order valence-corrected chi connectivity index (χ1v) is 6.80. The van der Waals surface area contributed by atoms with E-state index in [1.54, 1.807) is 26.0 Å². The number of hydrogen-bond acceptors (Lipinski definition) is 4. The average Bonchev–Trinajstić information content (AvgIpc) is 2.60. The molecule has 1 aliphatic heterocycles. The van der Waals surface area contributed by atoms with Gasteiger partial charge in [-0.15, -0.1) is 6.58 Å². The number of ether oxygens (including phenoxy) is 2. The van der Waals surface area contributed by atoms with Crippen LogP contribution in [-0.4, -0.2) is 11.8 Å². The van der Waals surface area contributed by atoms with Crippen LogP contribution in [0.3, 0.4) is 0 Å². The molecule has 0 radical (unpaired) electrons. The van der Waals surface area contributed by atoms with E-state index in [1.165, 1.54) is 0 Å². The molecular formula is C16H21NO3. The molecule has 2 rings (SSSR count). The molecule has 1 heterocycles. The molecule has 0 aliphatic carbocycles. The summed E-state index contributed by atoms with van der Waals surface area (Å²) in [6.45, 7) is 7.19. The highest BCUT2D eigenvalue weighted by Gasteiger charge is 2.54. The summed E-state index contributed by atoms with van der Waals surface area (Å²) in [6.07, 6.45) is 3.99. The van der Waals surface area contributed by atoms with Crippen molar-refractivity contribution in [3.05, 3.63) is 42.5 Å². The molecule has 1 aliphatic rings. The molecule has 4 nitrogen and oxygen atoms in total. The van der Waals surface area contributed by atoms with Crippen LogP contribution in [0.5, 0.6) is 0 Å². The monoisotopic (exact) mass is 275 g/mol. The maximum absolute atomic E-state index is 12.4. The fourth-order valence-corrected chi connectivity index (χ4v) is 2.55. The van der Waals surface area contributed by atoms with Crippen molar-refractivity contribution in [2.75, 3.05) is 5.73 Å². The molecule has 2 N–H and O–H groups in total. The highest BCUT2D eigenvalue weighted by molar-refractivity contribution is 5.83. The Morgan fingerprint density at radius 3 is 2.70 bits per heavy atom. The minimum absolute atomic E-state index is 0.350. The van der Waals surface area contributed by atoms with Gasteiger partial charge in [-0.25, -0.2) is 4.79 Å². The van der Waals surface area contributed by atoms with Gasteiger partial charge in [0.25, 0.3) is 0 Å². The fraction of sp³-hybridized carbons (Fsp3) is 0.438. The van der Waals surface area contributed by atoms with Gasteiger partial charge in [0.2, 0.25) is 5.79 Å². The first-order chi connectivity index (χ1) is 9.39. The Labute approximate surface area is 119 Å². The van der Waals surface area contributed by atoms with Crippen LogP contribution < -0.4 is 5.73 Å². The normalized spacial score (nSPS) is 24.4. The zero-order chi connectivity index (χ0) is 14.8. The number of nitrogen functional groups attached to an aromatic ring is 1. The summed E-state index contributed by atoms with van der Waals surface area (Å²) in [7, 11) is 0. The molecule has 0 aromatic heterocycles. The zero-order valence-corrected chi connectivity index (χ0v) is 12.0. The third-order valence-corrected chi connectivity index (χ3v) is 3.38. The van der Waals surface area contributed by atoms with E-state index in [0.717, 1.165) is 18.4 Å². The van der Waals surface area contributed by atoms with Crippen molar-refractivity contribution >= 4 is 11.7 Å². The number of allylic oxidation sites excluding steroid dienone is 1. The Hall–Kier alpha value is -1.81. The van der Waals surface area contributed by atoms with E-state index < -0.39 is 11.4 Å². The second kappa shape index (κ2) is 5.29. The lowest BCUT2D eigenvalue weighted by atomic mass is 9.88. The van der Waals surface area contributed by atoms with Gasteiger partial charge in [0.05, 0.1) is 0 Å². The summed E-state index contributed by atoms with van der Waals surface area (Å²) in [6, 6.07) is 7.23. The van der Waals surface area contributed by atoms with Gasteiger partial charge in [-0.2, -0.15) is 0 Å². The van der Waals surface area contributed by atoms with Crippen molar-refractivity contribution in [3.8, 4) is 0 Å². The summed E-state index contributed by atoms with van der Waals surface area (Å²) < 4.78 is 11.3. The first-order valence-electron chi connectivity index (χ1n) is 6.80. The van der Waals surface area contributed by atoms with Crippen molar-refractivity contribution in [2.45, 2.75) is 44.5 Å². The summed E-state index contributed by atoms with van der Waals surface area (Å²) in [5, 5.41) is 0. The van der Waals surface area contributed by atoms with Gasteiger partial charge in [-0.1, -0.05) is 18.2 Å². The van der Waals surface area contributed by atoms with Crippen LogP contribution >= 0.6 is 0 Å². The Kier molecular flexibility index (Phi) is 3.86. The third kappa shape index (κ3) is 2.70. The number of unbranched alkanes of at least 4 members (excludes halogenated alkanes) is 1. The van der Waals surface area contributed by atoms with E-state index in [2.05, 4.69) is 6.58 Å². The number of cyclic esters (lactones) is 1. The zero-order valence-electron chi connectivity index (χ0n) is 12.0. The molecule has 1 saturated heterocycles. The van der Waals surface area contributed by atoms with E-state index in [4.69, 9.17) is 15.2 Å². The van der Waals surface area contributed by atoms with Crippen LogP contribution in [0.15, 0.2) is 36.9 Å². The van der Waals surface area contributed by atoms with Gasteiger partial charge in [0.15, 0.2) is 5.60 Å². The third-order valence-electron chi connectivity index (χ3n) is 3.38. The van der Waals surface area contributed by atoms with E-state index in [0.29, 0.717) is 12.1 Å². The van der Waals surface area contributed by atoms with Crippen molar-refractivity contribution in [1.29, 1.82) is 0 Å². The Balaban J connectivity index is 2.39. The van der Waals surface area contributed by atoms with Gasteiger partial charge >= 0.3 is 5.97 Å². The SMILES string of the molecule is C=CCCCC1(c2cccc(N)c2)OC(C)(C)OC1=O. The molecule has 1 unspecified atom stereocenters. The molecule has 1 atom stereocenters. The molecule has 1 fully saturated rings. The molecule has 108 valence electrons. The molecule has 1 aromatic carbocycles. The van der Waals surface area contributed by atoms with Crippen LogP contribution in [0.25, 0.3) is 0 Å². The number of carbonyl (C=O) groups excluding carboxylic acids is 1. The van der Waals surface area contributed by atoms with Gasteiger partial charge in [0, 0.05) is 19.5 Å². The molecule has 4 heteroatoms. The van der Waals surface area contributed by atoms with Gasteiger partial charge in [0.1, 0.15) is 0 Å². The molecule has 20 heavy (non-hydrogen) atoms. The van der Waals surface area contributed by atoms with E-state index in [1.807, 2.05) is 18.2 Å². The highest BCUT2D eigenvalue weighted by Crippen LogP contribution is 2.43. The van der Waals surface area contributed by atoms with Crippen molar-refractivity contribution in [2.24, 2.45) is 0 Å². The molecular weight excluding hydrogens is 254 g/mol. The fourth-order valence-electron chi connectivity index (χ4n) is 2.55. The van der Waals surface area contributed by atoms with E-state index in [9.17, 15) is 4.79 Å². The maximum Gasteiger partial charge on any atom is 0.345 e. The molecule has 0 bridgehead atoms. The predicted molar refractivity (Wildman–Crippen MR) is 77.8 cm³/mol. The number of hydrogen-bond donors (Lipinski definition) is 1. The smallest absolute Gasteiger partial charge is 0.345 e. The number of rotatable bonds is 5. The molecule has 0 amide bonds. The lowest BCUT2D eigenvalue weighted by Crippen LogP contribution is -2.34. The van der Waals surface area contributed by atoms with Crippen LogP contribution in [0.1, 0.15) is 38.7 Å². The van der Waals surface area contributed by atoms with E-state index in [-0.39, 0.29) is 5.97 Å². The Morgan fingerprint density at radius 2 is 2.15 bits per heavy atom. The topological polar surface area (TPSA) is 61.6 Å². The lowest BCUT2D eigenvalue weighted by molar-refractivity contribution is -0.168. The number of benzene rings is 1. The number of anilines is 1. The van der Waals surface area contributed by atoms with Crippen molar-refractivity contribution < 1.29 is 14.3 Å². The number of esters is 1. The minimum atomic E-state index is -1.07. The van der Waals surface area contributed by atoms with Crippen LogP contribution in [0, 0.1) is 0 Å². The van der Waals surface area contributed by atoms with Crippen LogP contribution in [0.4, 0.5) is 5.69 Å². The van der Waals surface area contributed by atoms with Crippen LogP contribution in [0.2, 0.25) is 0 Å². The summed E-state index contributed by atoms with van der Waals surface area (Å²) >= 11 is 0. The van der Waals surface area contributed by atoms with Gasteiger partial charge in [-0.05, 0) is 37.0 Å². The molecule has 0 saturated carbocycles. The Morgan fingerprint density at radius 1 is 1.40 bits per heavy atom. The average molecular weight is 275 g/mol. The second-order valence-corrected chi connectivity index (χ2v) is 5.52. The van der Waals surface area contributed by atoms with Gasteiger partial charge in [-0.3, -0.25) is 0 Å². The Bertz CT molecular complexity index is 524. The number of nitrogens with two attached hydrogens (primary N) is 1. The largest absolute Gasteiger partial charge is 0.431 e. The summed E-state index contributed by atoms with van der Waals surface area (Å²) in [4.78, 5) is 12.4. The maximum atomic E-state index is 12.4. The second-order valence-electron chi connectivity index (χ2n) is 5.52.